The van der Waals surface area contributed by atoms with Crippen LogP contribution in [-0.2, 0) is 0 Å². The van der Waals surface area contributed by atoms with Gasteiger partial charge in [-0.1, -0.05) is 6.07 Å². The number of benzene rings is 1. The highest BCUT2D eigenvalue weighted by atomic mass is 16.6. The maximum atomic E-state index is 11.5. The minimum Gasteiger partial charge on any atom is -0.409 e. The Hall–Kier alpha value is -2.30. The molecule has 18 heavy (non-hydrogen) atoms. The third kappa shape index (κ3) is 2.34. The van der Waals surface area contributed by atoms with E-state index in [4.69, 9.17) is 4.74 Å². The van der Waals surface area contributed by atoms with E-state index < -0.39 is 6.09 Å². The molecule has 0 aliphatic rings. The standard InChI is InChI=1S/C13H14N2O3/c1-8-4-5-9-10(6-8)14-12(16)7-11(9)18-13(17)15(2)3/h4-7H,1-3H3,(H,14,16). The number of hydrogen-bond acceptors (Lipinski definition) is 3. The lowest BCUT2D eigenvalue weighted by Gasteiger charge is -2.12. The third-order valence-electron chi connectivity index (χ3n) is 2.52. The number of nitrogens with one attached hydrogen (secondary N) is 1. The van der Waals surface area contributed by atoms with Crippen LogP contribution in [-0.4, -0.2) is 30.1 Å². The second-order valence-corrected chi connectivity index (χ2v) is 4.31. The molecule has 2 rings (SSSR count). The molecule has 94 valence electrons. The summed E-state index contributed by atoms with van der Waals surface area (Å²) in [6.45, 7) is 1.93. The smallest absolute Gasteiger partial charge is 0.409 e. The summed E-state index contributed by atoms with van der Waals surface area (Å²) in [5, 5.41) is 0.704. The average Bonchev–Trinajstić information content (AvgIpc) is 2.27. The largest absolute Gasteiger partial charge is 0.414 e. The fourth-order valence-electron chi connectivity index (χ4n) is 1.61. The first kappa shape index (κ1) is 12.2. The zero-order valence-corrected chi connectivity index (χ0v) is 10.5. The first-order valence-corrected chi connectivity index (χ1v) is 5.50. The summed E-state index contributed by atoms with van der Waals surface area (Å²) in [4.78, 5) is 27.1. The van der Waals surface area contributed by atoms with Gasteiger partial charge < -0.3 is 14.6 Å². The fourth-order valence-corrected chi connectivity index (χ4v) is 1.61. The minimum atomic E-state index is -0.512. The molecule has 0 saturated heterocycles. The summed E-state index contributed by atoms with van der Waals surface area (Å²) in [7, 11) is 3.17. The molecule has 2 aromatic rings. The maximum Gasteiger partial charge on any atom is 0.414 e. The number of carbonyl (C=O) groups excluding carboxylic acids is 1. The van der Waals surface area contributed by atoms with Gasteiger partial charge in [-0.05, 0) is 24.6 Å². The average molecular weight is 246 g/mol. The lowest BCUT2D eigenvalue weighted by molar-refractivity contribution is 0.172. The number of rotatable bonds is 1. The van der Waals surface area contributed by atoms with Gasteiger partial charge in [0.15, 0.2) is 0 Å². The lowest BCUT2D eigenvalue weighted by atomic mass is 10.1. The Morgan fingerprint density at radius 1 is 1.28 bits per heavy atom. The van der Waals surface area contributed by atoms with Gasteiger partial charge in [-0.25, -0.2) is 4.79 Å². The van der Waals surface area contributed by atoms with Crippen molar-refractivity contribution in [2.24, 2.45) is 0 Å². The molecule has 0 saturated carbocycles. The van der Waals surface area contributed by atoms with Crippen molar-refractivity contribution in [3.8, 4) is 5.75 Å². The van der Waals surface area contributed by atoms with Gasteiger partial charge in [-0.3, -0.25) is 4.79 Å². The van der Waals surface area contributed by atoms with Crippen LogP contribution >= 0.6 is 0 Å². The van der Waals surface area contributed by atoms with Crippen molar-refractivity contribution >= 4 is 17.0 Å². The Morgan fingerprint density at radius 3 is 2.67 bits per heavy atom. The van der Waals surface area contributed by atoms with Crippen LogP contribution < -0.4 is 10.3 Å². The molecule has 0 spiro atoms. The molecule has 0 bridgehead atoms. The SMILES string of the molecule is Cc1ccc2c(OC(=O)N(C)C)cc(=O)[nH]c2c1. The maximum absolute atomic E-state index is 11.5. The van der Waals surface area contributed by atoms with E-state index in [0.29, 0.717) is 10.9 Å². The highest BCUT2D eigenvalue weighted by Gasteiger charge is 2.11. The van der Waals surface area contributed by atoms with Crippen molar-refractivity contribution in [1.29, 1.82) is 0 Å². The molecular weight excluding hydrogens is 232 g/mol. The molecular formula is C13H14N2O3. The Morgan fingerprint density at radius 2 is 2.00 bits per heavy atom. The van der Waals surface area contributed by atoms with Gasteiger partial charge in [0, 0.05) is 25.5 Å². The molecule has 1 aromatic heterocycles. The molecule has 5 heteroatoms. The highest BCUT2D eigenvalue weighted by molar-refractivity contribution is 5.87. The molecule has 0 atom stereocenters. The van der Waals surface area contributed by atoms with E-state index >= 15 is 0 Å². The number of hydrogen-bond donors (Lipinski definition) is 1. The summed E-state index contributed by atoms with van der Waals surface area (Å²) in [6, 6.07) is 6.83. The van der Waals surface area contributed by atoms with Gasteiger partial charge in [0.1, 0.15) is 5.75 Å². The lowest BCUT2D eigenvalue weighted by Crippen LogP contribution is -2.25. The Balaban J connectivity index is 2.56. The molecule has 1 N–H and O–H groups in total. The van der Waals surface area contributed by atoms with Crippen molar-refractivity contribution < 1.29 is 9.53 Å². The summed E-state index contributed by atoms with van der Waals surface area (Å²) >= 11 is 0. The molecule has 0 radical (unpaired) electrons. The van der Waals surface area contributed by atoms with Gasteiger partial charge >= 0.3 is 6.09 Å². The summed E-state index contributed by atoms with van der Waals surface area (Å²) in [6.07, 6.45) is -0.512. The van der Waals surface area contributed by atoms with E-state index in [9.17, 15) is 9.59 Å². The molecule has 5 nitrogen and oxygen atoms in total. The van der Waals surface area contributed by atoms with Crippen LogP contribution in [0.5, 0.6) is 5.75 Å². The quantitative estimate of drug-likeness (QED) is 0.835. The van der Waals surface area contributed by atoms with E-state index in [1.165, 1.54) is 11.0 Å². The van der Waals surface area contributed by atoms with Crippen LogP contribution in [0.2, 0.25) is 0 Å². The predicted octanol–water partition coefficient (Wildman–Crippen LogP) is 1.90. The third-order valence-corrected chi connectivity index (χ3v) is 2.52. The molecule has 0 aliphatic heterocycles. The van der Waals surface area contributed by atoms with Crippen molar-refractivity contribution in [1.82, 2.24) is 9.88 Å². The van der Waals surface area contributed by atoms with E-state index in [0.717, 1.165) is 5.56 Å². The molecule has 1 heterocycles. The zero-order valence-electron chi connectivity index (χ0n) is 10.5. The molecule has 1 aromatic carbocycles. The van der Waals surface area contributed by atoms with E-state index in [1.807, 2.05) is 25.1 Å². The zero-order chi connectivity index (χ0) is 13.3. The normalized spacial score (nSPS) is 10.4. The second-order valence-electron chi connectivity index (χ2n) is 4.31. The van der Waals surface area contributed by atoms with Crippen LogP contribution in [0.1, 0.15) is 5.56 Å². The Kier molecular flexibility index (Phi) is 3.06. The summed E-state index contributed by atoms with van der Waals surface area (Å²) in [5.74, 6) is 0.271. The number of H-pyrrole nitrogens is 1. The van der Waals surface area contributed by atoms with Gasteiger partial charge in [-0.2, -0.15) is 0 Å². The van der Waals surface area contributed by atoms with Gasteiger partial charge in [-0.15, -0.1) is 0 Å². The van der Waals surface area contributed by atoms with Crippen LogP contribution in [0.25, 0.3) is 10.9 Å². The van der Waals surface area contributed by atoms with Crippen LogP contribution in [0, 0.1) is 6.92 Å². The number of ether oxygens (including phenoxy) is 1. The van der Waals surface area contributed by atoms with Crippen LogP contribution in [0.4, 0.5) is 4.79 Å². The predicted molar refractivity (Wildman–Crippen MR) is 69.0 cm³/mol. The van der Waals surface area contributed by atoms with Gasteiger partial charge in [0.25, 0.3) is 5.56 Å². The molecule has 0 aliphatic carbocycles. The second kappa shape index (κ2) is 4.52. The Labute approximate surface area is 104 Å². The van der Waals surface area contributed by atoms with Gasteiger partial charge in [0.05, 0.1) is 5.52 Å². The van der Waals surface area contributed by atoms with Crippen molar-refractivity contribution in [3.63, 3.8) is 0 Å². The number of aromatic nitrogens is 1. The highest BCUT2D eigenvalue weighted by Crippen LogP contribution is 2.23. The number of carbonyl (C=O) groups is 1. The van der Waals surface area contributed by atoms with Crippen molar-refractivity contribution in [2.75, 3.05) is 14.1 Å². The molecule has 0 unspecified atom stereocenters. The first-order valence-electron chi connectivity index (χ1n) is 5.50. The minimum absolute atomic E-state index is 0.271. The number of nitrogens with zero attached hydrogens (tertiary/aromatic N) is 1. The van der Waals surface area contributed by atoms with E-state index in [-0.39, 0.29) is 11.3 Å². The van der Waals surface area contributed by atoms with Crippen molar-refractivity contribution in [3.05, 3.63) is 40.2 Å². The van der Waals surface area contributed by atoms with Crippen molar-refractivity contribution in [2.45, 2.75) is 6.92 Å². The van der Waals surface area contributed by atoms with E-state index in [1.54, 1.807) is 14.1 Å². The topological polar surface area (TPSA) is 62.4 Å². The van der Waals surface area contributed by atoms with Crippen LogP contribution in [0.3, 0.4) is 0 Å². The van der Waals surface area contributed by atoms with Crippen LogP contribution in [0.15, 0.2) is 29.1 Å². The molecule has 1 amide bonds. The fraction of sp³-hybridized carbons (Fsp3) is 0.231. The monoisotopic (exact) mass is 246 g/mol. The van der Waals surface area contributed by atoms with Gasteiger partial charge in [0.2, 0.25) is 0 Å². The number of aromatic amines is 1. The first-order chi connectivity index (χ1) is 8.47. The van der Waals surface area contributed by atoms with E-state index in [2.05, 4.69) is 4.98 Å². The number of pyridine rings is 1. The number of aryl methyl sites for hydroxylation is 1. The summed E-state index contributed by atoms with van der Waals surface area (Å²) in [5.41, 5.74) is 1.38. The number of fused-ring (bicyclic) bond motifs is 1. The Bertz CT molecular complexity index is 659. The molecule has 0 fully saturated rings. The summed E-state index contributed by atoms with van der Waals surface area (Å²) < 4.78 is 5.18. The number of amides is 1.